The van der Waals surface area contributed by atoms with E-state index in [1.807, 2.05) is 16.9 Å². The third-order valence-electron chi connectivity index (χ3n) is 5.17. The van der Waals surface area contributed by atoms with Crippen molar-refractivity contribution in [3.63, 3.8) is 0 Å². The van der Waals surface area contributed by atoms with Crippen molar-refractivity contribution in [2.24, 2.45) is 0 Å². The van der Waals surface area contributed by atoms with Crippen molar-refractivity contribution in [1.29, 1.82) is 0 Å². The number of aromatic nitrogens is 2. The first-order valence-electron chi connectivity index (χ1n) is 8.49. The van der Waals surface area contributed by atoms with E-state index in [1.165, 1.54) is 0 Å². The van der Waals surface area contributed by atoms with Crippen LogP contribution in [0.1, 0.15) is 32.6 Å². The predicted molar refractivity (Wildman–Crippen MR) is 100 cm³/mol. The van der Waals surface area contributed by atoms with Crippen LogP contribution in [0.4, 0.5) is 0 Å². The summed E-state index contributed by atoms with van der Waals surface area (Å²) in [4.78, 5) is 15.5. The summed E-state index contributed by atoms with van der Waals surface area (Å²) >= 11 is 0. The van der Waals surface area contributed by atoms with Crippen LogP contribution in [-0.4, -0.2) is 59.4 Å². The Balaban J connectivity index is 0.00000144. The van der Waals surface area contributed by atoms with Crippen molar-refractivity contribution in [2.45, 2.75) is 44.2 Å². The number of carbonyl (C=O) groups is 1. The minimum atomic E-state index is -0.517. The molecule has 2 aliphatic rings. The van der Waals surface area contributed by atoms with Gasteiger partial charge in [-0.25, -0.2) is 0 Å². The molecule has 2 saturated heterocycles. The van der Waals surface area contributed by atoms with Crippen LogP contribution in [0.2, 0.25) is 0 Å². The second-order valence-corrected chi connectivity index (χ2v) is 6.41. The first-order chi connectivity index (χ1) is 10.7. The molecule has 2 N–H and O–H groups in total. The molecule has 2 fully saturated rings. The monoisotopic (exact) mass is 377 g/mol. The Kier molecular flexibility index (Phi) is 8.50. The third kappa shape index (κ3) is 4.42. The molecule has 0 spiro atoms. The van der Waals surface area contributed by atoms with Gasteiger partial charge in [0, 0.05) is 31.5 Å². The van der Waals surface area contributed by atoms with Crippen LogP contribution < -0.4 is 10.6 Å². The molecule has 2 aliphatic heterocycles. The number of amides is 1. The van der Waals surface area contributed by atoms with Gasteiger partial charge < -0.3 is 15.5 Å². The van der Waals surface area contributed by atoms with Gasteiger partial charge in [0.2, 0.25) is 5.91 Å². The van der Waals surface area contributed by atoms with Crippen molar-refractivity contribution in [3.8, 4) is 0 Å². The van der Waals surface area contributed by atoms with E-state index in [0.29, 0.717) is 6.04 Å². The Morgan fingerprint density at radius 1 is 1.29 bits per heavy atom. The van der Waals surface area contributed by atoms with Gasteiger partial charge in [0.05, 0.1) is 0 Å². The SMILES string of the molecule is CCN1CCC(NC(=O)C2(n3cccn3)CCNCC2)CC1.Cl.Cl. The third-order valence-corrected chi connectivity index (χ3v) is 5.17. The summed E-state index contributed by atoms with van der Waals surface area (Å²) in [6, 6.07) is 2.20. The van der Waals surface area contributed by atoms with E-state index < -0.39 is 5.54 Å². The summed E-state index contributed by atoms with van der Waals surface area (Å²) in [6.45, 7) is 7.18. The molecule has 0 radical (unpaired) electrons. The quantitative estimate of drug-likeness (QED) is 0.832. The highest BCUT2D eigenvalue weighted by molar-refractivity contribution is 5.86. The predicted octanol–water partition coefficient (Wildman–Crippen LogP) is 1.41. The van der Waals surface area contributed by atoms with E-state index in [2.05, 4.69) is 27.6 Å². The highest BCUT2D eigenvalue weighted by Gasteiger charge is 2.42. The number of hydrogen-bond donors (Lipinski definition) is 2. The lowest BCUT2D eigenvalue weighted by molar-refractivity contribution is -0.133. The highest BCUT2D eigenvalue weighted by atomic mass is 35.5. The molecular weight excluding hydrogens is 349 g/mol. The zero-order valence-electron chi connectivity index (χ0n) is 14.2. The summed E-state index contributed by atoms with van der Waals surface area (Å²) in [5, 5.41) is 11.0. The van der Waals surface area contributed by atoms with Crippen LogP contribution in [0.3, 0.4) is 0 Å². The molecule has 1 aromatic rings. The maximum atomic E-state index is 13.0. The number of nitrogens with one attached hydrogen (secondary N) is 2. The van der Waals surface area contributed by atoms with Gasteiger partial charge in [0.1, 0.15) is 5.54 Å². The molecule has 0 atom stereocenters. The average molecular weight is 378 g/mol. The van der Waals surface area contributed by atoms with Gasteiger partial charge in [-0.2, -0.15) is 5.10 Å². The van der Waals surface area contributed by atoms with Gasteiger partial charge in [-0.05, 0) is 51.4 Å². The fourth-order valence-electron chi connectivity index (χ4n) is 3.64. The molecule has 1 aromatic heterocycles. The van der Waals surface area contributed by atoms with Gasteiger partial charge in [-0.15, -0.1) is 24.8 Å². The number of likely N-dealkylation sites (tertiary alicyclic amines) is 1. The average Bonchev–Trinajstić information content (AvgIpc) is 3.11. The zero-order chi connectivity index (χ0) is 15.4. The Labute approximate surface area is 156 Å². The number of piperidine rings is 2. The van der Waals surface area contributed by atoms with E-state index in [0.717, 1.165) is 58.4 Å². The van der Waals surface area contributed by atoms with Crippen molar-refractivity contribution in [3.05, 3.63) is 18.5 Å². The number of carbonyl (C=O) groups excluding carboxylic acids is 1. The maximum absolute atomic E-state index is 13.0. The second-order valence-electron chi connectivity index (χ2n) is 6.41. The van der Waals surface area contributed by atoms with E-state index in [-0.39, 0.29) is 30.7 Å². The summed E-state index contributed by atoms with van der Waals surface area (Å²) in [5.74, 6) is 0.146. The molecule has 6 nitrogen and oxygen atoms in total. The fraction of sp³-hybridized carbons (Fsp3) is 0.750. The van der Waals surface area contributed by atoms with E-state index in [9.17, 15) is 4.79 Å². The molecule has 3 heterocycles. The van der Waals surface area contributed by atoms with Crippen molar-refractivity contribution in [2.75, 3.05) is 32.7 Å². The number of rotatable bonds is 4. The number of nitrogens with zero attached hydrogens (tertiary/aromatic N) is 3. The van der Waals surface area contributed by atoms with Crippen LogP contribution in [0.15, 0.2) is 18.5 Å². The molecule has 0 bridgehead atoms. The lowest BCUT2D eigenvalue weighted by Crippen LogP contribution is -2.57. The van der Waals surface area contributed by atoms with Crippen LogP contribution in [0, 0.1) is 0 Å². The van der Waals surface area contributed by atoms with Crippen LogP contribution >= 0.6 is 24.8 Å². The zero-order valence-corrected chi connectivity index (χ0v) is 15.9. The largest absolute Gasteiger partial charge is 0.351 e. The molecule has 3 rings (SSSR count). The van der Waals surface area contributed by atoms with E-state index in [4.69, 9.17) is 0 Å². The smallest absolute Gasteiger partial charge is 0.248 e. The first kappa shape index (κ1) is 21.2. The topological polar surface area (TPSA) is 62.2 Å². The Hall–Kier alpha value is -0.820. The maximum Gasteiger partial charge on any atom is 0.248 e. The Bertz CT molecular complexity index is 483. The van der Waals surface area contributed by atoms with Crippen LogP contribution in [-0.2, 0) is 10.3 Å². The minimum absolute atomic E-state index is 0. The molecule has 8 heteroatoms. The molecular formula is C16H29Cl2N5O. The Morgan fingerprint density at radius 2 is 1.96 bits per heavy atom. The summed E-state index contributed by atoms with van der Waals surface area (Å²) < 4.78 is 1.87. The summed E-state index contributed by atoms with van der Waals surface area (Å²) in [7, 11) is 0. The first-order valence-corrected chi connectivity index (χ1v) is 8.49. The van der Waals surface area contributed by atoms with Crippen molar-refractivity contribution < 1.29 is 4.79 Å². The standard InChI is InChI=1S/C16H27N5O.2ClH/c1-2-20-12-4-14(5-13-20)19-15(22)16(6-9-17-10-7-16)21-11-3-8-18-21;;/h3,8,11,14,17H,2,4-7,9-10,12-13H2,1H3,(H,19,22);2*1H. The molecule has 0 aliphatic carbocycles. The summed E-state index contributed by atoms with van der Waals surface area (Å²) in [5.41, 5.74) is -0.517. The second kappa shape index (κ2) is 9.61. The lowest BCUT2D eigenvalue weighted by Gasteiger charge is -2.39. The van der Waals surface area contributed by atoms with Crippen molar-refractivity contribution in [1.82, 2.24) is 25.3 Å². The van der Waals surface area contributed by atoms with E-state index in [1.54, 1.807) is 6.20 Å². The number of hydrogen-bond acceptors (Lipinski definition) is 4. The van der Waals surface area contributed by atoms with Gasteiger partial charge >= 0.3 is 0 Å². The molecule has 1 amide bonds. The minimum Gasteiger partial charge on any atom is -0.351 e. The lowest BCUT2D eigenvalue weighted by atomic mass is 9.86. The molecule has 138 valence electrons. The highest BCUT2D eigenvalue weighted by Crippen LogP contribution is 2.27. The van der Waals surface area contributed by atoms with Gasteiger partial charge in [-0.3, -0.25) is 9.48 Å². The summed E-state index contributed by atoms with van der Waals surface area (Å²) in [6.07, 6.45) is 7.38. The fourth-order valence-corrected chi connectivity index (χ4v) is 3.64. The molecule has 0 aromatic carbocycles. The molecule has 24 heavy (non-hydrogen) atoms. The van der Waals surface area contributed by atoms with Gasteiger partial charge in [0.25, 0.3) is 0 Å². The Morgan fingerprint density at radius 3 is 2.50 bits per heavy atom. The normalized spacial score (nSPS) is 21.4. The molecule has 0 unspecified atom stereocenters. The van der Waals surface area contributed by atoms with Gasteiger partial charge in [0.15, 0.2) is 0 Å². The van der Waals surface area contributed by atoms with Crippen LogP contribution in [0.25, 0.3) is 0 Å². The molecule has 0 saturated carbocycles. The van der Waals surface area contributed by atoms with Crippen molar-refractivity contribution >= 4 is 30.7 Å². The van der Waals surface area contributed by atoms with E-state index >= 15 is 0 Å². The van der Waals surface area contributed by atoms with Crippen LogP contribution in [0.5, 0.6) is 0 Å². The van der Waals surface area contributed by atoms with Gasteiger partial charge in [-0.1, -0.05) is 6.92 Å². The number of halogens is 2.